The minimum Gasteiger partial charge on any atom is -0.381 e. The lowest BCUT2D eigenvalue weighted by Crippen LogP contribution is -2.30. The molecule has 20 heavy (non-hydrogen) atoms. The van der Waals surface area contributed by atoms with E-state index in [4.69, 9.17) is 4.74 Å². The zero-order valence-corrected chi connectivity index (χ0v) is 11.5. The number of hydrogen-bond donors (Lipinski definition) is 1. The van der Waals surface area contributed by atoms with Gasteiger partial charge in [-0.3, -0.25) is 0 Å². The maximum Gasteiger partial charge on any atom is 0.416 e. The van der Waals surface area contributed by atoms with Gasteiger partial charge in [-0.25, -0.2) is 0 Å². The molecule has 0 aromatic heterocycles. The largest absolute Gasteiger partial charge is 0.416 e. The van der Waals surface area contributed by atoms with E-state index in [1.807, 2.05) is 6.92 Å². The molecule has 1 aromatic rings. The summed E-state index contributed by atoms with van der Waals surface area (Å²) in [6.45, 7) is 4.22. The molecular weight excluding hydrogens is 267 g/mol. The van der Waals surface area contributed by atoms with Gasteiger partial charge >= 0.3 is 6.18 Å². The monoisotopic (exact) mass is 287 g/mol. The minimum absolute atomic E-state index is 0.0979. The first-order chi connectivity index (χ1) is 9.47. The Morgan fingerprint density at radius 3 is 2.85 bits per heavy atom. The van der Waals surface area contributed by atoms with Crippen LogP contribution < -0.4 is 5.32 Å². The van der Waals surface area contributed by atoms with E-state index in [2.05, 4.69) is 5.32 Å². The molecule has 5 heteroatoms. The van der Waals surface area contributed by atoms with E-state index in [9.17, 15) is 13.2 Å². The van der Waals surface area contributed by atoms with Gasteiger partial charge in [-0.15, -0.1) is 0 Å². The molecule has 0 spiro atoms. The molecule has 1 aliphatic heterocycles. The van der Waals surface area contributed by atoms with Crippen LogP contribution in [0.5, 0.6) is 0 Å². The summed E-state index contributed by atoms with van der Waals surface area (Å²) in [5.74, 6) is 0.456. The molecule has 2 rings (SSSR count). The molecular formula is C15H20F3NO. The molecule has 0 radical (unpaired) electrons. The fourth-order valence-electron chi connectivity index (χ4n) is 2.41. The van der Waals surface area contributed by atoms with Crippen LogP contribution in [0.15, 0.2) is 24.3 Å². The second kappa shape index (κ2) is 6.59. The van der Waals surface area contributed by atoms with Gasteiger partial charge in [0.15, 0.2) is 0 Å². The van der Waals surface area contributed by atoms with Crippen LogP contribution in [0.4, 0.5) is 13.2 Å². The van der Waals surface area contributed by atoms with Crippen molar-refractivity contribution in [2.75, 3.05) is 19.8 Å². The Hall–Kier alpha value is -1.07. The van der Waals surface area contributed by atoms with Crippen LogP contribution in [0.25, 0.3) is 0 Å². The van der Waals surface area contributed by atoms with E-state index in [-0.39, 0.29) is 6.04 Å². The maximum absolute atomic E-state index is 12.7. The van der Waals surface area contributed by atoms with Crippen LogP contribution in [-0.2, 0) is 10.9 Å². The second-order valence-corrected chi connectivity index (χ2v) is 5.34. The van der Waals surface area contributed by atoms with Crippen molar-refractivity contribution in [3.8, 4) is 0 Å². The quantitative estimate of drug-likeness (QED) is 0.910. The van der Waals surface area contributed by atoms with Gasteiger partial charge in [0.1, 0.15) is 0 Å². The van der Waals surface area contributed by atoms with E-state index in [1.54, 1.807) is 6.07 Å². The molecule has 1 N–H and O–H groups in total. The van der Waals surface area contributed by atoms with Crippen LogP contribution in [0.1, 0.15) is 36.9 Å². The van der Waals surface area contributed by atoms with Crippen molar-refractivity contribution in [1.29, 1.82) is 0 Å². The first-order valence-corrected chi connectivity index (χ1v) is 6.95. The smallest absolute Gasteiger partial charge is 0.381 e. The van der Waals surface area contributed by atoms with Crippen molar-refractivity contribution in [1.82, 2.24) is 5.32 Å². The zero-order valence-electron chi connectivity index (χ0n) is 11.5. The molecule has 0 bridgehead atoms. The van der Waals surface area contributed by atoms with Crippen molar-refractivity contribution in [2.24, 2.45) is 5.92 Å². The molecule has 1 saturated heterocycles. The molecule has 1 heterocycles. The number of rotatable bonds is 4. The summed E-state index contributed by atoms with van der Waals surface area (Å²) in [4.78, 5) is 0. The average molecular weight is 287 g/mol. The van der Waals surface area contributed by atoms with Gasteiger partial charge in [-0.05, 0) is 43.4 Å². The number of benzene rings is 1. The van der Waals surface area contributed by atoms with E-state index < -0.39 is 11.7 Å². The molecule has 1 aliphatic rings. The predicted octanol–water partition coefficient (Wildman–Crippen LogP) is 3.78. The van der Waals surface area contributed by atoms with Crippen LogP contribution in [0, 0.1) is 5.92 Å². The number of alkyl halides is 3. The molecule has 1 aromatic carbocycles. The van der Waals surface area contributed by atoms with Gasteiger partial charge < -0.3 is 10.1 Å². The number of halogens is 3. The summed E-state index contributed by atoms with van der Waals surface area (Å²) >= 11 is 0. The third-order valence-corrected chi connectivity index (χ3v) is 3.68. The Balaban J connectivity index is 1.93. The highest BCUT2D eigenvalue weighted by Gasteiger charge is 2.30. The Morgan fingerprint density at radius 2 is 2.20 bits per heavy atom. The van der Waals surface area contributed by atoms with Crippen molar-refractivity contribution in [2.45, 2.75) is 32.0 Å². The summed E-state index contributed by atoms with van der Waals surface area (Å²) < 4.78 is 43.4. The van der Waals surface area contributed by atoms with Crippen LogP contribution >= 0.6 is 0 Å². The van der Waals surface area contributed by atoms with Gasteiger partial charge in [0, 0.05) is 19.2 Å². The van der Waals surface area contributed by atoms with Crippen molar-refractivity contribution in [3.63, 3.8) is 0 Å². The molecule has 2 unspecified atom stereocenters. The van der Waals surface area contributed by atoms with Gasteiger partial charge in [-0.1, -0.05) is 12.1 Å². The Bertz CT molecular complexity index is 427. The third kappa shape index (κ3) is 4.21. The molecule has 2 atom stereocenters. The zero-order chi connectivity index (χ0) is 14.6. The van der Waals surface area contributed by atoms with Gasteiger partial charge in [0.25, 0.3) is 0 Å². The second-order valence-electron chi connectivity index (χ2n) is 5.34. The first kappa shape index (κ1) is 15.3. The fourth-order valence-corrected chi connectivity index (χ4v) is 2.41. The lowest BCUT2D eigenvalue weighted by molar-refractivity contribution is -0.137. The van der Waals surface area contributed by atoms with Crippen molar-refractivity contribution < 1.29 is 17.9 Å². The normalized spacial score (nSPS) is 21.7. The highest BCUT2D eigenvalue weighted by molar-refractivity contribution is 5.27. The topological polar surface area (TPSA) is 21.3 Å². The van der Waals surface area contributed by atoms with Gasteiger partial charge in [-0.2, -0.15) is 13.2 Å². The number of nitrogens with one attached hydrogen (secondary N) is 1. The molecule has 112 valence electrons. The van der Waals surface area contributed by atoms with Crippen molar-refractivity contribution in [3.05, 3.63) is 35.4 Å². The summed E-state index contributed by atoms with van der Waals surface area (Å²) in [6, 6.07) is 5.41. The third-order valence-electron chi connectivity index (χ3n) is 3.68. The van der Waals surface area contributed by atoms with E-state index in [0.29, 0.717) is 11.5 Å². The summed E-state index contributed by atoms with van der Waals surface area (Å²) in [6.07, 6.45) is -2.11. The maximum atomic E-state index is 12.7. The van der Waals surface area contributed by atoms with Gasteiger partial charge in [0.2, 0.25) is 0 Å². The first-order valence-electron chi connectivity index (χ1n) is 6.95. The highest BCUT2D eigenvalue weighted by Crippen LogP contribution is 2.30. The molecule has 0 amide bonds. The van der Waals surface area contributed by atoms with Gasteiger partial charge in [0.05, 0.1) is 12.2 Å². The Morgan fingerprint density at radius 1 is 1.40 bits per heavy atom. The Kier molecular flexibility index (Phi) is 5.05. The van der Waals surface area contributed by atoms with Crippen LogP contribution in [0.2, 0.25) is 0 Å². The standard InChI is InChI=1S/C15H20F3NO/c1-11(19-9-12-4-3-7-20-10-12)13-5-2-6-14(8-13)15(16,17)18/h2,5-6,8,11-12,19H,3-4,7,9-10H2,1H3. The lowest BCUT2D eigenvalue weighted by Gasteiger charge is -2.24. The lowest BCUT2D eigenvalue weighted by atomic mass is 10.0. The van der Waals surface area contributed by atoms with E-state index in [0.717, 1.165) is 38.7 Å². The summed E-state index contributed by atoms with van der Waals surface area (Å²) in [7, 11) is 0. The molecule has 0 saturated carbocycles. The average Bonchev–Trinajstić information content (AvgIpc) is 2.45. The van der Waals surface area contributed by atoms with E-state index in [1.165, 1.54) is 12.1 Å². The molecule has 2 nitrogen and oxygen atoms in total. The van der Waals surface area contributed by atoms with E-state index >= 15 is 0 Å². The Labute approximate surface area is 117 Å². The number of ether oxygens (including phenoxy) is 1. The van der Waals surface area contributed by atoms with Crippen LogP contribution in [-0.4, -0.2) is 19.8 Å². The predicted molar refractivity (Wildman–Crippen MR) is 71.4 cm³/mol. The fraction of sp³-hybridized carbons (Fsp3) is 0.600. The SMILES string of the molecule is CC(NCC1CCCOC1)c1cccc(C(F)(F)F)c1. The highest BCUT2D eigenvalue weighted by atomic mass is 19.4. The molecule has 0 aliphatic carbocycles. The van der Waals surface area contributed by atoms with Crippen LogP contribution in [0.3, 0.4) is 0 Å². The molecule has 1 fully saturated rings. The van der Waals surface area contributed by atoms with Crippen molar-refractivity contribution >= 4 is 0 Å². The minimum atomic E-state index is -4.28. The number of hydrogen-bond acceptors (Lipinski definition) is 2. The summed E-state index contributed by atoms with van der Waals surface area (Å²) in [5, 5.41) is 3.30. The summed E-state index contributed by atoms with van der Waals surface area (Å²) in [5.41, 5.74) is 0.0706.